The van der Waals surface area contributed by atoms with E-state index in [0.717, 1.165) is 16.9 Å². The normalized spacial score (nSPS) is 18.1. The number of β-amino-alcohol motifs (C(OH)–C–C–N with tert-alkyl or cyclic N) is 1. The van der Waals surface area contributed by atoms with Crippen LogP contribution in [-0.2, 0) is 18.5 Å². The molecule has 7 heteroatoms. The first-order valence-electron chi connectivity index (χ1n) is 8.30. The van der Waals surface area contributed by atoms with Gasteiger partial charge in [0.1, 0.15) is 11.5 Å². The quantitative estimate of drug-likeness (QED) is 0.909. The molecule has 1 aromatic carbocycles. The van der Waals surface area contributed by atoms with Crippen LogP contribution in [0.5, 0.6) is 11.5 Å². The third kappa shape index (κ3) is 3.48. The Bertz CT molecular complexity index is 751. The Morgan fingerprint density at radius 1 is 1.20 bits per heavy atom. The Morgan fingerprint density at radius 3 is 2.48 bits per heavy atom. The SMILES string of the molecule is COc1ccc(OC)c2c1CN(Cc1nnc(C(C)(C)C)o1)CC2O. The Hall–Kier alpha value is -2.12. The first-order valence-corrected chi connectivity index (χ1v) is 8.30. The number of hydrogen-bond donors (Lipinski definition) is 1. The van der Waals surface area contributed by atoms with Crippen molar-refractivity contribution < 1.29 is 19.0 Å². The third-order valence-electron chi connectivity index (χ3n) is 4.33. The zero-order valence-electron chi connectivity index (χ0n) is 15.4. The number of methoxy groups -OCH3 is 2. The van der Waals surface area contributed by atoms with Gasteiger partial charge in [-0.2, -0.15) is 0 Å². The van der Waals surface area contributed by atoms with Crippen molar-refractivity contribution in [3.63, 3.8) is 0 Å². The number of benzene rings is 1. The lowest BCUT2D eigenvalue weighted by Crippen LogP contribution is -2.33. The second kappa shape index (κ2) is 6.65. The van der Waals surface area contributed by atoms with E-state index in [1.54, 1.807) is 14.2 Å². The van der Waals surface area contributed by atoms with Gasteiger partial charge in [-0.3, -0.25) is 4.90 Å². The summed E-state index contributed by atoms with van der Waals surface area (Å²) < 4.78 is 16.6. The molecular weight excluding hydrogens is 322 g/mol. The van der Waals surface area contributed by atoms with E-state index in [0.29, 0.717) is 37.2 Å². The lowest BCUT2D eigenvalue weighted by atomic mass is 9.95. The van der Waals surface area contributed by atoms with E-state index >= 15 is 0 Å². The van der Waals surface area contributed by atoms with Gasteiger partial charge in [0, 0.05) is 29.6 Å². The summed E-state index contributed by atoms with van der Waals surface area (Å²) in [6.07, 6.45) is -0.668. The molecule has 3 rings (SSSR count). The molecule has 0 fully saturated rings. The van der Waals surface area contributed by atoms with Crippen LogP contribution in [0.3, 0.4) is 0 Å². The molecule has 1 aliphatic rings. The van der Waals surface area contributed by atoms with E-state index in [1.807, 2.05) is 32.9 Å². The highest BCUT2D eigenvalue weighted by molar-refractivity contribution is 5.51. The minimum atomic E-state index is -0.668. The molecule has 2 aromatic rings. The molecule has 0 saturated carbocycles. The summed E-state index contributed by atoms with van der Waals surface area (Å²) >= 11 is 0. The Kier molecular flexibility index (Phi) is 4.71. The van der Waals surface area contributed by atoms with E-state index in [2.05, 4.69) is 15.1 Å². The maximum absolute atomic E-state index is 10.6. The molecule has 2 heterocycles. The fourth-order valence-electron chi connectivity index (χ4n) is 3.08. The van der Waals surface area contributed by atoms with Gasteiger partial charge in [-0.25, -0.2) is 0 Å². The first-order chi connectivity index (χ1) is 11.8. The highest BCUT2D eigenvalue weighted by atomic mass is 16.5. The smallest absolute Gasteiger partial charge is 0.230 e. The fraction of sp³-hybridized carbons (Fsp3) is 0.556. The molecule has 136 valence electrons. The Labute approximate surface area is 147 Å². The van der Waals surface area contributed by atoms with Crippen LogP contribution < -0.4 is 9.47 Å². The largest absolute Gasteiger partial charge is 0.496 e. The molecule has 0 amide bonds. The summed E-state index contributed by atoms with van der Waals surface area (Å²) in [5, 5.41) is 18.9. The molecule has 1 atom stereocenters. The van der Waals surface area contributed by atoms with Gasteiger partial charge in [0.05, 0.1) is 26.9 Å². The van der Waals surface area contributed by atoms with Gasteiger partial charge >= 0.3 is 0 Å². The predicted octanol–water partition coefficient (Wildman–Crippen LogP) is 2.43. The average molecular weight is 347 g/mol. The van der Waals surface area contributed by atoms with Crippen molar-refractivity contribution in [2.75, 3.05) is 20.8 Å². The van der Waals surface area contributed by atoms with Crippen LogP contribution >= 0.6 is 0 Å². The fourth-order valence-corrected chi connectivity index (χ4v) is 3.08. The van der Waals surface area contributed by atoms with Crippen molar-refractivity contribution in [1.29, 1.82) is 0 Å². The maximum atomic E-state index is 10.6. The zero-order valence-corrected chi connectivity index (χ0v) is 15.4. The second-order valence-electron chi connectivity index (χ2n) is 7.30. The van der Waals surface area contributed by atoms with Crippen molar-refractivity contribution in [2.45, 2.75) is 45.4 Å². The number of aromatic nitrogens is 2. The number of hydrogen-bond acceptors (Lipinski definition) is 7. The van der Waals surface area contributed by atoms with Gasteiger partial charge < -0.3 is 19.0 Å². The number of fused-ring (bicyclic) bond motifs is 1. The van der Waals surface area contributed by atoms with Crippen LogP contribution in [0.25, 0.3) is 0 Å². The zero-order chi connectivity index (χ0) is 18.2. The number of rotatable bonds is 4. The summed E-state index contributed by atoms with van der Waals surface area (Å²) in [6.45, 7) is 7.64. The topological polar surface area (TPSA) is 80.9 Å². The number of aliphatic hydroxyl groups excluding tert-OH is 1. The monoisotopic (exact) mass is 347 g/mol. The van der Waals surface area contributed by atoms with Crippen LogP contribution in [0.1, 0.15) is 49.8 Å². The Morgan fingerprint density at radius 2 is 1.88 bits per heavy atom. The molecule has 25 heavy (non-hydrogen) atoms. The van der Waals surface area contributed by atoms with Crippen LogP contribution in [0.4, 0.5) is 0 Å². The van der Waals surface area contributed by atoms with E-state index in [4.69, 9.17) is 13.9 Å². The average Bonchev–Trinajstić information content (AvgIpc) is 3.02. The van der Waals surface area contributed by atoms with Gasteiger partial charge in [-0.15, -0.1) is 10.2 Å². The van der Waals surface area contributed by atoms with Crippen molar-refractivity contribution in [3.05, 3.63) is 35.0 Å². The van der Waals surface area contributed by atoms with Crippen molar-refractivity contribution in [2.24, 2.45) is 0 Å². The molecule has 0 radical (unpaired) electrons. The van der Waals surface area contributed by atoms with E-state index in [1.165, 1.54) is 0 Å². The van der Waals surface area contributed by atoms with E-state index in [9.17, 15) is 5.11 Å². The van der Waals surface area contributed by atoms with Gasteiger partial charge in [-0.05, 0) is 12.1 Å². The lowest BCUT2D eigenvalue weighted by Gasteiger charge is -2.33. The molecule has 1 aromatic heterocycles. The molecule has 0 saturated heterocycles. The minimum absolute atomic E-state index is 0.185. The second-order valence-corrected chi connectivity index (χ2v) is 7.30. The molecule has 0 spiro atoms. The summed E-state index contributed by atoms with van der Waals surface area (Å²) in [6, 6.07) is 3.68. The van der Waals surface area contributed by atoms with Crippen LogP contribution in [0.15, 0.2) is 16.5 Å². The Balaban J connectivity index is 1.85. The van der Waals surface area contributed by atoms with Crippen molar-refractivity contribution >= 4 is 0 Å². The lowest BCUT2D eigenvalue weighted by molar-refractivity contribution is 0.0788. The van der Waals surface area contributed by atoms with Gasteiger partial charge in [-0.1, -0.05) is 20.8 Å². The van der Waals surface area contributed by atoms with Gasteiger partial charge in [0.2, 0.25) is 11.8 Å². The molecule has 1 unspecified atom stereocenters. The predicted molar refractivity (Wildman–Crippen MR) is 91.6 cm³/mol. The highest BCUT2D eigenvalue weighted by Crippen LogP contribution is 2.39. The van der Waals surface area contributed by atoms with Crippen LogP contribution in [0.2, 0.25) is 0 Å². The standard InChI is InChI=1S/C18H25N3O4/c1-18(2,3)17-20-19-15(25-17)10-21-8-11-13(23-4)6-7-14(24-5)16(11)12(22)9-21/h6-7,12,22H,8-10H2,1-5H3. The molecule has 0 aliphatic carbocycles. The van der Waals surface area contributed by atoms with E-state index < -0.39 is 6.10 Å². The van der Waals surface area contributed by atoms with Crippen LogP contribution in [-0.4, -0.2) is 41.0 Å². The van der Waals surface area contributed by atoms with Gasteiger partial charge in [0.15, 0.2) is 0 Å². The summed E-state index contributed by atoms with van der Waals surface area (Å²) in [7, 11) is 3.23. The maximum Gasteiger partial charge on any atom is 0.230 e. The van der Waals surface area contributed by atoms with Crippen LogP contribution in [0, 0.1) is 0 Å². The molecular formula is C18H25N3O4. The molecule has 1 aliphatic heterocycles. The summed E-state index contributed by atoms with van der Waals surface area (Å²) in [5.41, 5.74) is 1.53. The molecule has 7 nitrogen and oxygen atoms in total. The first kappa shape index (κ1) is 17.7. The third-order valence-corrected chi connectivity index (χ3v) is 4.33. The highest BCUT2D eigenvalue weighted by Gasteiger charge is 2.31. The molecule has 1 N–H and O–H groups in total. The summed E-state index contributed by atoms with van der Waals surface area (Å²) in [4.78, 5) is 2.06. The number of ether oxygens (including phenoxy) is 2. The van der Waals surface area contributed by atoms with Crippen molar-refractivity contribution in [1.82, 2.24) is 15.1 Å². The van der Waals surface area contributed by atoms with Gasteiger partial charge in [0.25, 0.3) is 0 Å². The minimum Gasteiger partial charge on any atom is -0.496 e. The van der Waals surface area contributed by atoms with E-state index in [-0.39, 0.29) is 5.41 Å². The molecule has 0 bridgehead atoms. The number of nitrogens with zero attached hydrogens (tertiary/aromatic N) is 3. The summed E-state index contributed by atoms with van der Waals surface area (Å²) in [5.74, 6) is 2.57. The number of aliphatic hydroxyl groups is 1. The van der Waals surface area contributed by atoms with Crippen molar-refractivity contribution in [3.8, 4) is 11.5 Å².